The van der Waals surface area contributed by atoms with Crippen molar-refractivity contribution in [3.63, 3.8) is 0 Å². The van der Waals surface area contributed by atoms with Crippen LogP contribution in [0.2, 0.25) is 0 Å². The number of hydrogen-bond acceptors (Lipinski definition) is 0. The second kappa shape index (κ2) is 5.16. The second-order valence-corrected chi connectivity index (χ2v) is 5.43. The van der Waals surface area contributed by atoms with Crippen LogP contribution in [0.1, 0.15) is 46.2 Å². The van der Waals surface area contributed by atoms with Gasteiger partial charge in [0.2, 0.25) is 0 Å². The molecule has 100 valence electrons. The summed E-state index contributed by atoms with van der Waals surface area (Å²) >= 11 is 0. The van der Waals surface area contributed by atoms with Crippen LogP contribution in [0.5, 0.6) is 0 Å². The Morgan fingerprint density at radius 2 is 1.42 bits per heavy atom. The molecule has 1 unspecified atom stereocenters. The molecule has 0 heterocycles. The molecule has 1 atom stereocenters. The standard InChI is InChI=1S/C18H21F/c1-11-10-18(14(4)13(3)12(11)2)15(5)16-6-8-17(19)9-7-16/h6-10,15H,1-5H3. The minimum absolute atomic E-state index is 0.177. The van der Waals surface area contributed by atoms with Gasteiger partial charge in [0.15, 0.2) is 0 Å². The first-order valence-corrected chi connectivity index (χ1v) is 6.74. The van der Waals surface area contributed by atoms with E-state index in [1.54, 1.807) is 0 Å². The van der Waals surface area contributed by atoms with E-state index in [2.05, 4.69) is 40.7 Å². The van der Waals surface area contributed by atoms with Crippen molar-refractivity contribution >= 4 is 0 Å². The summed E-state index contributed by atoms with van der Waals surface area (Å²) in [5.41, 5.74) is 7.91. The van der Waals surface area contributed by atoms with Gasteiger partial charge in [-0.2, -0.15) is 0 Å². The van der Waals surface area contributed by atoms with Crippen LogP contribution in [-0.4, -0.2) is 0 Å². The molecule has 0 aliphatic heterocycles. The minimum Gasteiger partial charge on any atom is -0.207 e. The molecule has 0 bridgehead atoms. The van der Waals surface area contributed by atoms with Gasteiger partial charge in [-0.05, 0) is 73.2 Å². The molecule has 19 heavy (non-hydrogen) atoms. The summed E-state index contributed by atoms with van der Waals surface area (Å²) in [6.45, 7) is 10.9. The maximum atomic E-state index is 13.0. The predicted molar refractivity (Wildman–Crippen MR) is 79.3 cm³/mol. The molecule has 0 amide bonds. The Morgan fingerprint density at radius 1 is 0.842 bits per heavy atom. The lowest BCUT2D eigenvalue weighted by atomic mass is 9.85. The highest BCUT2D eigenvalue weighted by molar-refractivity contribution is 5.47. The molecule has 0 aliphatic carbocycles. The van der Waals surface area contributed by atoms with E-state index < -0.39 is 0 Å². The predicted octanol–water partition coefficient (Wildman–Crippen LogP) is 5.21. The van der Waals surface area contributed by atoms with Crippen LogP contribution in [0.4, 0.5) is 4.39 Å². The summed E-state index contributed by atoms with van der Waals surface area (Å²) < 4.78 is 13.0. The van der Waals surface area contributed by atoms with Crippen molar-refractivity contribution in [2.24, 2.45) is 0 Å². The summed E-state index contributed by atoms with van der Waals surface area (Å²) in [6, 6.07) is 9.10. The lowest BCUT2D eigenvalue weighted by Crippen LogP contribution is -2.03. The van der Waals surface area contributed by atoms with Gasteiger partial charge in [-0.1, -0.05) is 25.1 Å². The fraction of sp³-hybridized carbons (Fsp3) is 0.333. The van der Waals surface area contributed by atoms with Crippen LogP contribution in [0, 0.1) is 33.5 Å². The third-order valence-corrected chi connectivity index (χ3v) is 4.36. The zero-order valence-corrected chi connectivity index (χ0v) is 12.3. The molecule has 0 fully saturated rings. The van der Waals surface area contributed by atoms with Crippen molar-refractivity contribution in [3.8, 4) is 0 Å². The zero-order chi connectivity index (χ0) is 14.2. The molecule has 0 radical (unpaired) electrons. The highest BCUT2D eigenvalue weighted by Crippen LogP contribution is 2.31. The van der Waals surface area contributed by atoms with Gasteiger partial charge in [0, 0.05) is 5.92 Å². The summed E-state index contributed by atoms with van der Waals surface area (Å²) in [5, 5.41) is 0. The first-order valence-electron chi connectivity index (χ1n) is 6.74. The average molecular weight is 256 g/mol. The highest BCUT2D eigenvalue weighted by atomic mass is 19.1. The van der Waals surface area contributed by atoms with Gasteiger partial charge in [-0.15, -0.1) is 0 Å². The Labute approximate surface area is 115 Å². The van der Waals surface area contributed by atoms with Crippen molar-refractivity contribution in [2.45, 2.75) is 40.5 Å². The van der Waals surface area contributed by atoms with Crippen molar-refractivity contribution < 1.29 is 4.39 Å². The Hall–Kier alpha value is -1.63. The zero-order valence-electron chi connectivity index (χ0n) is 12.3. The molecule has 0 saturated carbocycles. The molecule has 2 aromatic rings. The van der Waals surface area contributed by atoms with E-state index in [1.807, 2.05) is 12.1 Å². The number of benzene rings is 2. The first kappa shape index (κ1) is 13.8. The van der Waals surface area contributed by atoms with Gasteiger partial charge < -0.3 is 0 Å². The molecule has 0 saturated heterocycles. The summed E-state index contributed by atoms with van der Waals surface area (Å²) in [4.78, 5) is 0. The SMILES string of the molecule is Cc1cc(C(C)c2ccc(F)cc2)c(C)c(C)c1C. The Bertz CT molecular complexity index is 594. The topological polar surface area (TPSA) is 0 Å². The van der Waals surface area contributed by atoms with E-state index in [0.29, 0.717) is 5.92 Å². The van der Waals surface area contributed by atoms with E-state index in [1.165, 1.54) is 39.9 Å². The van der Waals surface area contributed by atoms with E-state index in [4.69, 9.17) is 0 Å². The Morgan fingerprint density at radius 3 is 2.00 bits per heavy atom. The van der Waals surface area contributed by atoms with Crippen molar-refractivity contribution in [3.05, 3.63) is 69.5 Å². The minimum atomic E-state index is -0.177. The lowest BCUT2D eigenvalue weighted by Gasteiger charge is -2.20. The summed E-state index contributed by atoms with van der Waals surface area (Å²) in [6.07, 6.45) is 0. The monoisotopic (exact) mass is 256 g/mol. The van der Waals surface area contributed by atoms with Crippen molar-refractivity contribution in [2.75, 3.05) is 0 Å². The molecule has 0 nitrogen and oxygen atoms in total. The third-order valence-electron chi connectivity index (χ3n) is 4.36. The molecule has 2 aromatic carbocycles. The Kier molecular flexibility index (Phi) is 3.75. The van der Waals surface area contributed by atoms with Gasteiger partial charge in [-0.25, -0.2) is 4.39 Å². The smallest absolute Gasteiger partial charge is 0.123 e. The first-order chi connectivity index (χ1) is 8.91. The molecule has 0 N–H and O–H groups in total. The average Bonchev–Trinajstić information content (AvgIpc) is 2.40. The van der Waals surface area contributed by atoms with Gasteiger partial charge >= 0.3 is 0 Å². The molecule has 0 aliphatic rings. The fourth-order valence-electron chi connectivity index (χ4n) is 2.62. The molecule has 0 aromatic heterocycles. The molecule has 1 heteroatoms. The van der Waals surface area contributed by atoms with Gasteiger partial charge in [0.25, 0.3) is 0 Å². The normalized spacial score (nSPS) is 12.5. The van der Waals surface area contributed by atoms with E-state index in [0.717, 1.165) is 5.56 Å². The molecule has 2 rings (SSSR count). The number of hydrogen-bond donors (Lipinski definition) is 0. The van der Waals surface area contributed by atoms with Gasteiger partial charge in [0.1, 0.15) is 5.82 Å². The number of rotatable bonds is 2. The van der Waals surface area contributed by atoms with Crippen LogP contribution in [0.15, 0.2) is 30.3 Å². The molecular formula is C18H21F. The maximum Gasteiger partial charge on any atom is 0.123 e. The van der Waals surface area contributed by atoms with E-state index in [9.17, 15) is 4.39 Å². The van der Waals surface area contributed by atoms with Crippen molar-refractivity contribution in [1.29, 1.82) is 0 Å². The lowest BCUT2D eigenvalue weighted by molar-refractivity contribution is 0.626. The molecule has 0 spiro atoms. The van der Waals surface area contributed by atoms with E-state index in [-0.39, 0.29) is 5.82 Å². The van der Waals surface area contributed by atoms with Crippen LogP contribution in [-0.2, 0) is 0 Å². The van der Waals surface area contributed by atoms with E-state index >= 15 is 0 Å². The van der Waals surface area contributed by atoms with Crippen LogP contribution in [0.3, 0.4) is 0 Å². The Balaban J connectivity index is 2.50. The third kappa shape index (κ3) is 2.56. The van der Waals surface area contributed by atoms with Crippen molar-refractivity contribution in [1.82, 2.24) is 0 Å². The maximum absolute atomic E-state index is 13.0. The highest BCUT2D eigenvalue weighted by Gasteiger charge is 2.14. The number of halogens is 1. The summed E-state index contributed by atoms with van der Waals surface area (Å²) in [7, 11) is 0. The summed E-state index contributed by atoms with van der Waals surface area (Å²) in [5.74, 6) is 0.113. The largest absolute Gasteiger partial charge is 0.207 e. The quantitative estimate of drug-likeness (QED) is 0.691. The van der Waals surface area contributed by atoms with Crippen LogP contribution >= 0.6 is 0 Å². The van der Waals surface area contributed by atoms with Gasteiger partial charge in [-0.3, -0.25) is 0 Å². The molecular weight excluding hydrogens is 235 g/mol. The van der Waals surface area contributed by atoms with Gasteiger partial charge in [0.05, 0.1) is 0 Å². The fourth-order valence-corrected chi connectivity index (χ4v) is 2.62. The van der Waals surface area contributed by atoms with Crippen LogP contribution < -0.4 is 0 Å². The second-order valence-electron chi connectivity index (χ2n) is 5.43. The number of aryl methyl sites for hydroxylation is 1. The van der Waals surface area contributed by atoms with Crippen LogP contribution in [0.25, 0.3) is 0 Å².